The monoisotopic (exact) mass is 269 g/mol. The van der Waals surface area contributed by atoms with Crippen molar-refractivity contribution < 1.29 is 14.6 Å². The summed E-state index contributed by atoms with van der Waals surface area (Å²) in [4.78, 5) is 2.47. The van der Waals surface area contributed by atoms with Crippen molar-refractivity contribution in [3.8, 4) is 0 Å². The summed E-state index contributed by atoms with van der Waals surface area (Å²) < 4.78 is 11.6. The molecule has 0 radical (unpaired) electrons. The predicted molar refractivity (Wildman–Crippen MR) is 73.2 cm³/mol. The zero-order valence-electron chi connectivity index (χ0n) is 12.1. The van der Waals surface area contributed by atoms with Crippen LogP contribution in [0.4, 0.5) is 0 Å². The lowest BCUT2D eigenvalue weighted by Gasteiger charge is -2.54. The van der Waals surface area contributed by atoms with Crippen LogP contribution in [0.5, 0.6) is 0 Å². The highest BCUT2D eigenvalue weighted by molar-refractivity contribution is 5.01. The van der Waals surface area contributed by atoms with E-state index in [9.17, 15) is 5.11 Å². The van der Waals surface area contributed by atoms with Crippen LogP contribution in [0.15, 0.2) is 0 Å². The van der Waals surface area contributed by atoms with Gasteiger partial charge < -0.3 is 14.6 Å². The van der Waals surface area contributed by atoms with E-state index in [4.69, 9.17) is 9.47 Å². The Balaban J connectivity index is 1.55. The van der Waals surface area contributed by atoms with E-state index in [2.05, 4.69) is 11.8 Å². The molecule has 0 aromatic carbocycles. The van der Waals surface area contributed by atoms with Crippen LogP contribution in [0.1, 0.15) is 45.4 Å². The molecule has 0 bridgehead atoms. The topological polar surface area (TPSA) is 41.9 Å². The molecule has 4 nitrogen and oxygen atoms in total. The average Bonchev–Trinajstić information content (AvgIpc) is 2.37. The molecule has 0 aliphatic carbocycles. The number of rotatable bonds is 3. The minimum absolute atomic E-state index is 0.0691. The Morgan fingerprint density at radius 3 is 2.63 bits per heavy atom. The molecule has 1 unspecified atom stereocenters. The Morgan fingerprint density at radius 1 is 1.21 bits per heavy atom. The fourth-order valence-electron chi connectivity index (χ4n) is 4.00. The van der Waals surface area contributed by atoms with Gasteiger partial charge in [-0.15, -0.1) is 0 Å². The fraction of sp³-hybridized carbons (Fsp3) is 1.00. The highest BCUT2D eigenvalue weighted by atomic mass is 16.5. The molecule has 0 aromatic rings. The molecule has 0 saturated carbocycles. The Bertz CT molecular complexity index is 303. The van der Waals surface area contributed by atoms with Gasteiger partial charge in [0.25, 0.3) is 0 Å². The molecular weight excluding hydrogens is 242 g/mol. The second-order valence-electron chi connectivity index (χ2n) is 6.67. The molecule has 0 aromatic heterocycles. The van der Waals surface area contributed by atoms with Crippen LogP contribution in [-0.4, -0.2) is 60.2 Å². The molecule has 3 aliphatic rings. The number of aliphatic hydroxyl groups is 1. The lowest BCUT2D eigenvalue weighted by molar-refractivity contribution is -0.181. The van der Waals surface area contributed by atoms with Crippen molar-refractivity contribution in [3.63, 3.8) is 0 Å². The van der Waals surface area contributed by atoms with Crippen molar-refractivity contribution in [1.82, 2.24) is 4.90 Å². The molecule has 1 atom stereocenters. The van der Waals surface area contributed by atoms with Crippen molar-refractivity contribution >= 4 is 0 Å². The largest absolute Gasteiger partial charge is 0.387 e. The summed E-state index contributed by atoms with van der Waals surface area (Å²) in [6.45, 7) is 6.41. The van der Waals surface area contributed by atoms with E-state index >= 15 is 0 Å². The van der Waals surface area contributed by atoms with Gasteiger partial charge in [0, 0.05) is 39.0 Å². The van der Waals surface area contributed by atoms with Gasteiger partial charge in [0.2, 0.25) is 0 Å². The van der Waals surface area contributed by atoms with Crippen molar-refractivity contribution in [3.05, 3.63) is 0 Å². The molecule has 3 heterocycles. The van der Waals surface area contributed by atoms with Gasteiger partial charge in [0.1, 0.15) is 0 Å². The van der Waals surface area contributed by atoms with Gasteiger partial charge >= 0.3 is 0 Å². The third kappa shape index (κ3) is 2.82. The van der Waals surface area contributed by atoms with Crippen LogP contribution in [0.3, 0.4) is 0 Å². The Morgan fingerprint density at radius 2 is 1.95 bits per heavy atom. The quantitative estimate of drug-likeness (QED) is 0.844. The number of ether oxygens (including phenoxy) is 2. The first-order valence-electron chi connectivity index (χ1n) is 7.83. The second kappa shape index (κ2) is 5.32. The van der Waals surface area contributed by atoms with Crippen molar-refractivity contribution in [1.29, 1.82) is 0 Å². The van der Waals surface area contributed by atoms with E-state index in [0.29, 0.717) is 6.04 Å². The molecule has 3 saturated heterocycles. The number of hydrogen-bond donors (Lipinski definition) is 1. The molecule has 1 spiro atoms. The minimum Gasteiger partial charge on any atom is -0.387 e. The number of likely N-dealkylation sites (tertiary alicyclic amines) is 1. The van der Waals surface area contributed by atoms with Crippen molar-refractivity contribution in [2.75, 3.05) is 32.9 Å². The van der Waals surface area contributed by atoms with Gasteiger partial charge in [-0.1, -0.05) is 13.3 Å². The number of β-amino-alcohol motifs (C(OH)–C–C–N with tert-alkyl or cyclic N) is 1. The van der Waals surface area contributed by atoms with Crippen LogP contribution in [0.25, 0.3) is 0 Å². The summed E-state index contributed by atoms with van der Waals surface area (Å²) in [5.74, 6) is 0. The normalized spacial score (nSPS) is 34.1. The summed E-state index contributed by atoms with van der Waals surface area (Å²) >= 11 is 0. The number of nitrogens with zero attached hydrogens (tertiary/aromatic N) is 1. The first kappa shape index (κ1) is 13.8. The van der Waals surface area contributed by atoms with E-state index in [1.54, 1.807) is 0 Å². The summed E-state index contributed by atoms with van der Waals surface area (Å²) in [5, 5.41) is 10.3. The van der Waals surface area contributed by atoms with Crippen LogP contribution in [-0.2, 0) is 9.47 Å². The first-order chi connectivity index (χ1) is 9.15. The highest BCUT2D eigenvalue weighted by Crippen LogP contribution is 2.39. The highest BCUT2D eigenvalue weighted by Gasteiger charge is 2.47. The first-order valence-corrected chi connectivity index (χ1v) is 7.83. The van der Waals surface area contributed by atoms with Crippen LogP contribution in [0, 0.1) is 0 Å². The predicted octanol–water partition coefficient (Wildman–Crippen LogP) is 1.56. The van der Waals surface area contributed by atoms with Crippen LogP contribution in [0.2, 0.25) is 0 Å². The van der Waals surface area contributed by atoms with Gasteiger partial charge in [-0.3, -0.25) is 4.90 Å². The van der Waals surface area contributed by atoms with Crippen LogP contribution >= 0.6 is 0 Å². The maximum Gasteiger partial charge on any atom is 0.0900 e. The van der Waals surface area contributed by atoms with Gasteiger partial charge in [0.05, 0.1) is 11.2 Å². The molecule has 3 fully saturated rings. The molecular formula is C15H27NO3. The zero-order valence-corrected chi connectivity index (χ0v) is 12.1. The molecule has 19 heavy (non-hydrogen) atoms. The summed E-state index contributed by atoms with van der Waals surface area (Å²) in [7, 11) is 0. The van der Waals surface area contributed by atoms with Crippen molar-refractivity contribution in [2.24, 2.45) is 0 Å². The number of hydrogen-bond acceptors (Lipinski definition) is 4. The summed E-state index contributed by atoms with van der Waals surface area (Å²) in [5.41, 5.74) is -0.338. The Labute approximate surface area is 116 Å². The van der Waals surface area contributed by atoms with E-state index in [-0.39, 0.29) is 5.60 Å². The summed E-state index contributed by atoms with van der Waals surface area (Å²) in [6.07, 6.45) is 6.32. The lowest BCUT2D eigenvalue weighted by atomic mass is 9.80. The lowest BCUT2D eigenvalue weighted by Crippen LogP contribution is -2.66. The molecule has 0 amide bonds. The van der Waals surface area contributed by atoms with Crippen molar-refractivity contribution in [2.45, 2.75) is 62.7 Å². The van der Waals surface area contributed by atoms with Gasteiger partial charge in [-0.25, -0.2) is 0 Å². The molecule has 110 valence electrons. The van der Waals surface area contributed by atoms with E-state index in [1.807, 2.05) is 0 Å². The molecule has 1 N–H and O–H groups in total. The maximum absolute atomic E-state index is 10.3. The standard InChI is InChI=1S/C15H27NO3/c1-2-4-14(17)11-16(12-14)13-3-7-19-15(10-13)5-8-18-9-6-15/h13,17H,2-12H2,1H3. The minimum atomic E-state index is -0.407. The Hall–Kier alpha value is -0.160. The molecule has 3 rings (SSSR count). The van der Waals surface area contributed by atoms with E-state index in [0.717, 1.165) is 71.4 Å². The second-order valence-corrected chi connectivity index (χ2v) is 6.67. The smallest absolute Gasteiger partial charge is 0.0900 e. The van der Waals surface area contributed by atoms with Gasteiger partial charge in [0.15, 0.2) is 0 Å². The van der Waals surface area contributed by atoms with E-state index in [1.165, 1.54) is 0 Å². The maximum atomic E-state index is 10.3. The average molecular weight is 269 g/mol. The molecule has 4 heteroatoms. The fourth-order valence-corrected chi connectivity index (χ4v) is 4.00. The SMILES string of the molecule is CCCC1(O)CN(C2CCOC3(CCOCC3)C2)C1. The van der Waals surface area contributed by atoms with Gasteiger partial charge in [-0.05, 0) is 32.1 Å². The van der Waals surface area contributed by atoms with Crippen LogP contribution < -0.4 is 0 Å². The summed E-state index contributed by atoms with van der Waals surface area (Å²) in [6, 6.07) is 0.601. The third-order valence-electron chi connectivity index (χ3n) is 5.10. The van der Waals surface area contributed by atoms with E-state index < -0.39 is 5.60 Å². The third-order valence-corrected chi connectivity index (χ3v) is 5.10. The van der Waals surface area contributed by atoms with Gasteiger partial charge in [-0.2, -0.15) is 0 Å². The Kier molecular flexibility index (Phi) is 3.87. The molecule has 3 aliphatic heterocycles. The zero-order chi connectivity index (χ0) is 13.3.